The van der Waals surface area contributed by atoms with Crippen LogP contribution in [0.3, 0.4) is 0 Å². The van der Waals surface area contributed by atoms with Gasteiger partial charge in [-0.05, 0) is 34.1 Å². The van der Waals surface area contributed by atoms with Crippen LogP contribution in [0.15, 0.2) is 27.7 Å². The molecule has 0 aromatic heterocycles. The number of methoxy groups -OCH3 is 1. The first kappa shape index (κ1) is 13.3. The summed E-state index contributed by atoms with van der Waals surface area (Å²) >= 11 is 3.25. The lowest BCUT2D eigenvalue weighted by Gasteiger charge is -2.06. The monoisotopic (exact) mass is 301 g/mol. The molecule has 92 valence electrons. The summed E-state index contributed by atoms with van der Waals surface area (Å²) in [5, 5.41) is 0. The van der Waals surface area contributed by atoms with Crippen LogP contribution in [0.5, 0.6) is 11.5 Å². The van der Waals surface area contributed by atoms with Gasteiger partial charge in [-0.3, -0.25) is 0 Å². The van der Waals surface area contributed by atoms with Crippen molar-refractivity contribution in [3.8, 4) is 11.5 Å². The summed E-state index contributed by atoms with van der Waals surface area (Å²) in [5.74, 6) is 0.322. The molecule has 0 aliphatic carbocycles. The van der Waals surface area contributed by atoms with Gasteiger partial charge in [-0.2, -0.15) is 0 Å². The predicted octanol–water partition coefficient (Wildman–Crippen LogP) is 0.637. The molecule has 0 aliphatic rings. The van der Waals surface area contributed by atoms with Gasteiger partial charge in [-0.15, -0.1) is 0 Å². The molecule has 0 amide bonds. The van der Waals surface area contributed by atoms with Crippen LogP contribution in [-0.4, -0.2) is 25.6 Å². The smallest absolute Gasteiger partial charge is 0.333 e. The molecule has 0 bridgehead atoms. The van der Waals surface area contributed by atoms with Gasteiger partial charge in [0.1, 0.15) is 18.0 Å². The second kappa shape index (κ2) is 6.09. The molecule has 1 rings (SSSR count). The molecular weight excluding hydrogens is 290 g/mol. The molecule has 4 N–H and O–H groups in total. The Morgan fingerprint density at radius 2 is 2.18 bits per heavy atom. The quantitative estimate of drug-likeness (QED) is 0.368. The Labute approximate surface area is 107 Å². The minimum absolute atomic E-state index is 0.157. The van der Waals surface area contributed by atoms with E-state index in [4.69, 9.17) is 20.9 Å². The number of hydrogen-bond donors (Lipinski definition) is 2. The van der Waals surface area contributed by atoms with Crippen LogP contribution in [0.4, 0.5) is 0 Å². The lowest BCUT2D eigenvalue weighted by Crippen LogP contribution is -2.25. The van der Waals surface area contributed by atoms with E-state index in [1.807, 2.05) is 0 Å². The largest absolute Gasteiger partial charge is 0.497 e. The van der Waals surface area contributed by atoms with Gasteiger partial charge < -0.3 is 20.9 Å². The van der Waals surface area contributed by atoms with E-state index in [0.717, 1.165) is 0 Å². The van der Waals surface area contributed by atoms with Crippen LogP contribution in [0.2, 0.25) is 0 Å². The Kier molecular flexibility index (Phi) is 4.77. The number of esters is 1. The first-order chi connectivity index (χ1) is 8.02. The van der Waals surface area contributed by atoms with E-state index in [2.05, 4.69) is 20.9 Å². The summed E-state index contributed by atoms with van der Waals surface area (Å²) in [6.07, 6.45) is 0. The topological polar surface area (TPSA) is 99.9 Å². The van der Waals surface area contributed by atoms with Gasteiger partial charge in [0.25, 0.3) is 0 Å². The molecule has 0 unspecified atom stereocenters. The van der Waals surface area contributed by atoms with Gasteiger partial charge in [0.15, 0.2) is 5.96 Å². The third kappa shape index (κ3) is 4.31. The minimum Gasteiger partial charge on any atom is -0.497 e. The number of rotatable bonds is 4. The molecule has 0 radical (unpaired) electrons. The summed E-state index contributed by atoms with van der Waals surface area (Å²) in [6, 6.07) is 4.97. The Hall–Kier alpha value is -1.76. The van der Waals surface area contributed by atoms with E-state index >= 15 is 0 Å². The van der Waals surface area contributed by atoms with Crippen molar-refractivity contribution in [2.45, 2.75) is 0 Å². The summed E-state index contributed by atoms with van der Waals surface area (Å²) in [6.45, 7) is -0.221. The average Bonchev–Trinajstić information content (AvgIpc) is 2.29. The van der Waals surface area contributed by atoms with Gasteiger partial charge in [0, 0.05) is 0 Å². The maximum atomic E-state index is 11.3. The van der Waals surface area contributed by atoms with Crippen LogP contribution in [0.25, 0.3) is 0 Å². The zero-order valence-electron chi connectivity index (χ0n) is 9.14. The number of nitrogens with two attached hydrogens (primary N) is 2. The molecule has 0 atom stereocenters. The molecular formula is C10H12BrN3O3. The highest BCUT2D eigenvalue weighted by molar-refractivity contribution is 9.10. The molecule has 1 aromatic rings. The number of aliphatic imine (C=N–C) groups is 1. The van der Waals surface area contributed by atoms with E-state index in [0.29, 0.717) is 16.0 Å². The summed E-state index contributed by atoms with van der Waals surface area (Å²) in [7, 11) is 1.55. The lowest BCUT2D eigenvalue weighted by molar-refractivity contribution is -0.132. The molecule has 6 nitrogen and oxygen atoms in total. The number of nitrogens with zero attached hydrogens (tertiary/aromatic N) is 1. The minimum atomic E-state index is -0.552. The number of hydrogen-bond acceptors (Lipinski definition) is 4. The zero-order valence-corrected chi connectivity index (χ0v) is 10.7. The van der Waals surface area contributed by atoms with Crippen molar-refractivity contribution in [3.63, 3.8) is 0 Å². The van der Waals surface area contributed by atoms with E-state index < -0.39 is 5.97 Å². The maximum Gasteiger partial charge on any atom is 0.333 e. The van der Waals surface area contributed by atoms with Crippen LogP contribution in [0.1, 0.15) is 0 Å². The van der Waals surface area contributed by atoms with Crippen molar-refractivity contribution in [1.29, 1.82) is 0 Å². The van der Waals surface area contributed by atoms with E-state index in [1.54, 1.807) is 25.3 Å². The van der Waals surface area contributed by atoms with Crippen LogP contribution < -0.4 is 20.9 Å². The van der Waals surface area contributed by atoms with Crippen LogP contribution in [-0.2, 0) is 4.79 Å². The molecule has 7 heteroatoms. The summed E-state index contributed by atoms with van der Waals surface area (Å²) < 4.78 is 10.7. The first-order valence-corrected chi connectivity index (χ1v) is 5.42. The fraction of sp³-hybridized carbons (Fsp3) is 0.200. The number of guanidine groups is 1. The van der Waals surface area contributed by atoms with Crippen molar-refractivity contribution < 1.29 is 14.3 Å². The Bertz CT molecular complexity index is 444. The first-order valence-electron chi connectivity index (χ1n) is 4.62. The summed E-state index contributed by atoms with van der Waals surface area (Å²) in [5.41, 5.74) is 10.2. The average molecular weight is 302 g/mol. The highest BCUT2D eigenvalue weighted by Gasteiger charge is 2.08. The zero-order chi connectivity index (χ0) is 12.8. The van der Waals surface area contributed by atoms with E-state index in [-0.39, 0.29) is 12.5 Å². The van der Waals surface area contributed by atoms with Crippen molar-refractivity contribution in [3.05, 3.63) is 22.7 Å². The highest BCUT2D eigenvalue weighted by Crippen LogP contribution is 2.29. The van der Waals surface area contributed by atoms with Gasteiger partial charge in [-0.25, -0.2) is 9.79 Å². The number of carbonyl (C=O) groups excluding carboxylic acids is 1. The number of benzene rings is 1. The van der Waals surface area contributed by atoms with Gasteiger partial charge >= 0.3 is 5.97 Å². The van der Waals surface area contributed by atoms with Crippen molar-refractivity contribution in [1.82, 2.24) is 0 Å². The molecule has 1 aromatic carbocycles. The lowest BCUT2D eigenvalue weighted by atomic mass is 10.3. The van der Waals surface area contributed by atoms with Crippen molar-refractivity contribution in [2.75, 3.05) is 13.7 Å². The van der Waals surface area contributed by atoms with Gasteiger partial charge in [-0.1, -0.05) is 0 Å². The molecule has 0 aliphatic heterocycles. The van der Waals surface area contributed by atoms with Crippen LogP contribution >= 0.6 is 15.9 Å². The fourth-order valence-electron chi connectivity index (χ4n) is 1.00. The third-order valence-electron chi connectivity index (χ3n) is 1.75. The Morgan fingerprint density at radius 1 is 1.47 bits per heavy atom. The second-order valence-electron chi connectivity index (χ2n) is 3.01. The predicted molar refractivity (Wildman–Crippen MR) is 67.0 cm³/mol. The number of ether oxygens (including phenoxy) is 2. The normalized spacial score (nSPS) is 9.53. The number of carbonyl (C=O) groups is 1. The van der Waals surface area contributed by atoms with Crippen molar-refractivity contribution >= 4 is 27.9 Å². The number of halogens is 1. The SMILES string of the molecule is COc1ccc(OC(=O)CN=C(N)N)c(Br)c1. The van der Waals surface area contributed by atoms with E-state index in [1.165, 1.54) is 0 Å². The Balaban J connectivity index is 2.69. The molecule has 0 saturated heterocycles. The Morgan fingerprint density at radius 3 is 2.71 bits per heavy atom. The third-order valence-corrected chi connectivity index (χ3v) is 2.37. The van der Waals surface area contributed by atoms with E-state index in [9.17, 15) is 4.79 Å². The fourth-order valence-corrected chi connectivity index (χ4v) is 1.44. The second-order valence-corrected chi connectivity index (χ2v) is 3.87. The molecule has 0 spiro atoms. The summed E-state index contributed by atoms with van der Waals surface area (Å²) in [4.78, 5) is 14.9. The van der Waals surface area contributed by atoms with Gasteiger partial charge in [0.2, 0.25) is 0 Å². The molecule has 0 heterocycles. The standard InChI is InChI=1S/C10H12BrN3O3/c1-16-6-2-3-8(7(11)4-6)17-9(15)5-14-10(12)13/h2-4H,5H2,1H3,(H4,12,13,14). The molecule has 0 fully saturated rings. The maximum absolute atomic E-state index is 11.3. The highest BCUT2D eigenvalue weighted by atomic mass is 79.9. The molecule has 17 heavy (non-hydrogen) atoms. The van der Waals surface area contributed by atoms with Crippen molar-refractivity contribution in [2.24, 2.45) is 16.5 Å². The van der Waals surface area contributed by atoms with Gasteiger partial charge in [0.05, 0.1) is 11.6 Å². The molecule has 0 saturated carbocycles. The van der Waals surface area contributed by atoms with Crippen LogP contribution in [0, 0.1) is 0 Å².